The zero-order valence-electron chi connectivity index (χ0n) is 9.99. The van der Waals surface area contributed by atoms with Crippen molar-refractivity contribution in [3.05, 3.63) is 35.1 Å². The van der Waals surface area contributed by atoms with Crippen LogP contribution in [0.4, 0.5) is 4.39 Å². The normalized spacial score (nSPS) is 12.2. The van der Waals surface area contributed by atoms with Gasteiger partial charge in [-0.3, -0.25) is 0 Å². The maximum atomic E-state index is 13.7. The van der Waals surface area contributed by atoms with Crippen molar-refractivity contribution in [1.29, 1.82) is 5.26 Å². The molecule has 1 aromatic carbocycles. The van der Waals surface area contributed by atoms with Crippen LogP contribution in [-0.2, 0) is 15.6 Å². The van der Waals surface area contributed by atoms with Crippen molar-refractivity contribution in [2.45, 2.75) is 31.3 Å². The predicted molar refractivity (Wildman–Crippen MR) is 63.5 cm³/mol. The quantitative estimate of drug-likeness (QED) is 0.815. The summed E-state index contributed by atoms with van der Waals surface area (Å²) in [6.07, 6.45) is 0. The molecule has 1 aromatic rings. The number of hydrogen-bond donors (Lipinski definition) is 0. The van der Waals surface area contributed by atoms with E-state index in [1.807, 2.05) is 0 Å². The van der Waals surface area contributed by atoms with Crippen molar-refractivity contribution in [2.24, 2.45) is 0 Å². The molecule has 0 atom stereocenters. The van der Waals surface area contributed by atoms with Gasteiger partial charge in [-0.1, -0.05) is 12.1 Å². The highest BCUT2D eigenvalue weighted by atomic mass is 32.2. The van der Waals surface area contributed by atoms with Crippen molar-refractivity contribution in [3.63, 3.8) is 0 Å². The topological polar surface area (TPSA) is 57.9 Å². The number of benzene rings is 1. The largest absolute Gasteiger partial charge is 0.228 e. The average Bonchev–Trinajstić information content (AvgIpc) is 2.19. The first-order chi connectivity index (χ1) is 7.69. The Balaban J connectivity index is 3.19. The monoisotopic (exact) mass is 255 g/mol. The highest BCUT2D eigenvalue weighted by molar-refractivity contribution is 7.91. The van der Waals surface area contributed by atoms with Crippen molar-refractivity contribution >= 4 is 9.84 Å². The van der Waals surface area contributed by atoms with Gasteiger partial charge in [-0.15, -0.1) is 0 Å². The van der Waals surface area contributed by atoms with Gasteiger partial charge in [0.1, 0.15) is 11.9 Å². The van der Waals surface area contributed by atoms with Gasteiger partial charge in [0.2, 0.25) is 0 Å². The van der Waals surface area contributed by atoms with Gasteiger partial charge in [0.25, 0.3) is 0 Å². The fraction of sp³-hybridized carbons (Fsp3) is 0.417. The van der Waals surface area contributed by atoms with Gasteiger partial charge in [0, 0.05) is 5.56 Å². The molecule has 1 rings (SSSR count). The van der Waals surface area contributed by atoms with E-state index in [1.54, 1.807) is 26.8 Å². The average molecular weight is 255 g/mol. The molecule has 0 N–H and O–H groups in total. The van der Waals surface area contributed by atoms with Crippen LogP contribution in [0, 0.1) is 17.1 Å². The van der Waals surface area contributed by atoms with Crippen LogP contribution >= 0.6 is 0 Å². The lowest BCUT2D eigenvalue weighted by Gasteiger charge is -2.19. The number of hydrogen-bond acceptors (Lipinski definition) is 3. The molecule has 0 saturated carbocycles. The third-order valence-electron chi connectivity index (χ3n) is 2.48. The summed E-state index contributed by atoms with van der Waals surface area (Å²) in [5, 5.41) is 8.66. The molecular formula is C12H14FNO2S. The smallest absolute Gasteiger partial charge is 0.159 e. The van der Waals surface area contributed by atoms with Crippen LogP contribution < -0.4 is 0 Å². The first-order valence-corrected chi connectivity index (χ1v) is 6.74. The standard InChI is InChI=1S/C12H14FNO2S/c1-12(2,3)17(15,16)8-10-6-4-5-9(7-14)11(10)13/h4-6H,8H2,1-3H3. The van der Waals surface area contributed by atoms with E-state index >= 15 is 0 Å². The second kappa shape index (κ2) is 4.46. The maximum Gasteiger partial charge on any atom is 0.159 e. The van der Waals surface area contributed by atoms with Crippen LogP contribution in [0.3, 0.4) is 0 Å². The zero-order valence-corrected chi connectivity index (χ0v) is 10.8. The number of rotatable bonds is 2. The van der Waals surface area contributed by atoms with E-state index in [9.17, 15) is 12.8 Å². The Hall–Kier alpha value is -1.41. The zero-order chi connectivity index (χ0) is 13.3. The van der Waals surface area contributed by atoms with E-state index in [-0.39, 0.29) is 11.1 Å². The molecule has 5 heteroatoms. The highest BCUT2D eigenvalue weighted by Crippen LogP contribution is 2.22. The SMILES string of the molecule is CC(C)(C)S(=O)(=O)Cc1cccc(C#N)c1F. The van der Waals surface area contributed by atoms with Gasteiger partial charge in [-0.05, 0) is 26.8 Å². The van der Waals surface area contributed by atoms with E-state index in [0.29, 0.717) is 0 Å². The minimum atomic E-state index is -3.45. The molecule has 0 aliphatic heterocycles. The molecule has 0 radical (unpaired) electrons. The van der Waals surface area contributed by atoms with E-state index in [0.717, 1.165) is 0 Å². The molecule has 0 amide bonds. The molecule has 0 saturated heterocycles. The number of halogens is 1. The lowest BCUT2D eigenvalue weighted by atomic mass is 10.1. The lowest BCUT2D eigenvalue weighted by Crippen LogP contribution is -2.29. The summed E-state index contributed by atoms with van der Waals surface area (Å²) in [6.45, 7) is 4.69. The molecule has 0 heterocycles. The number of nitrogens with zero attached hydrogens (tertiary/aromatic N) is 1. The van der Waals surface area contributed by atoms with Crippen LogP contribution in [0.25, 0.3) is 0 Å². The van der Waals surface area contributed by atoms with E-state index in [4.69, 9.17) is 5.26 Å². The minimum absolute atomic E-state index is 0.0407. The van der Waals surface area contributed by atoms with Gasteiger partial charge < -0.3 is 0 Å². The Kier molecular flexibility index (Phi) is 3.58. The number of sulfone groups is 1. The van der Waals surface area contributed by atoms with Crippen molar-refractivity contribution in [2.75, 3.05) is 0 Å². The summed E-state index contributed by atoms with van der Waals surface area (Å²) in [5.41, 5.74) is -0.0921. The van der Waals surface area contributed by atoms with E-state index < -0.39 is 26.2 Å². The van der Waals surface area contributed by atoms with Crippen molar-refractivity contribution in [3.8, 4) is 6.07 Å². The molecule has 17 heavy (non-hydrogen) atoms. The predicted octanol–water partition coefficient (Wildman–Crippen LogP) is 2.41. The number of nitriles is 1. The molecule has 92 valence electrons. The second-order valence-corrected chi connectivity index (χ2v) is 7.50. The summed E-state index contributed by atoms with van der Waals surface area (Å²) in [5.74, 6) is -1.14. The minimum Gasteiger partial charge on any atom is -0.228 e. The van der Waals surface area contributed by atoms with Gasteiger partial charge in [0.15, 0.2) is 9.84 Å². The fourth-order valence-corrected chi connectivity index (χ4v) is 2.26. The summed E-state index contributed by atoms with van der Waals surface area (Å²) >= 11 is 0. The molecule has 0 fully saturated rings. The van der Waals surface area contributed by atoms with E-state index in [1.165, 1.54) is 18.2 Å². The van der Waals surface area contributed by atoms with Gasteiger partial charge in [0.05, 0.1) is 16.1 Å². The molecule has 0 bridgehead atoms. The molecule has 0 aromatic heterocycles. The summed E-state index contributed by atoms with van der Waals surface area (Å²) < 4.78 is 36.6. The van der Waals surface area contributed by atoms with Gasteiger partial charge >= 0.3 is 0 Å². The van der Waals surface area contributed by atoms with Crippen molar-refractivity contribution < 1.29 is 12.8 Å². The third kappa shape index (κ3) is 2.83. The highest BCUT2D eigenvalue weighted by Gasteiger charge is 2.30. The van der Waals surface area contributed by atoms with Gasteiger partial charge in [-0.25, -0.2) is 12.8 Å². The Morgan fingerprint density at radius 1 is 1.35 bits per heavy atom. The summed E-state index contributed by atoms with van der Waals surface area (Å²) in [7, 11) is -3.45. The Bertz CT molecular complexity index is 565. The molecular weight excluding hydrogens is 241 g/mol. The maximum absolute atomic E-state index is 13.7. The summed E-state index contributed by atoms with van der Waals surface area (Å²) in [6, 6.07) is 5.88. The Morgan fingerprint density at radius 2 is 1.94 bits per heavy atom. The van der Waals surface area contributed by atoms with Crippen LogP contribution in [0.15, 0.2) is 18.2 Å². The molecule has 3 nitrogen and oxygen atoms in total. The molecule has 0 spiro atoms. The molecule has 0 aliphatic carbocycles. The second-order valence-electron chi connectivity index (χ2n) is 4.76. The van der Waals surface area contributed by atoms with E-state index in [2.05, 4.69) is 0 Å². The Morgan fingerprint density at radius 3 is 2.41 bits per heavy atom. The van der Waals surface area contributed by atoms with Gasteiger partial charge in [-0.2, -0.15) is 5.26 Å². The summed E-state index contributed by atoms with van der Waals surface area (Å²) in [4.78, 5) is 0. The first kappa shape index (κ1) is 13.7. The Labute approximate surface area is 101 Å². The molecule has 0 aliphatic rings. The molecule has 0 unspecified atom stereocenters. The third-order valence-corrected chi connectivity index (χ3v) is 5.03. The lowest BCUT2D eigenvalue weighted by molar-refractivity contribution is 0.555. The van der Waals surface area contributed by atoms with Crippen LogP contribution in [-0.4, -0.2) is 13.2 Å². The van der Waals surface area contributed by atoms with Crippen LogP contribution in [0.2, 0.25) is 0 Å². The van der Waals surface area contributed by atoms with Crippen molar-refractivity contribution in [1.82, 2.24) is 0 Å². The first-order valence-electron chi connectivity index (χ1n) is 5.09. The van der Waals surface area contributed by atoms with Crippen LogP contribution in [0.5, 0.6) is 0 Å². The fourth-order valence-electron chi connectivity index (χ4n) is 1.20. The van der Waals surface area contributed by atoms with Crippen LogP contribution in [0.1, 0.15) is 31.9 Å².